The van der Waals surface area contributed by atoms with Crippen LogP contribution in [0.4, 0.5) is 0 Å². The summed E-state index contributed by atoms with van der Waals surface area (Å²) in [6.07, 6.45) is 4.65. The highest BCUT2D eigenvalue weighted by molar-refractivity contribution is 9.10. The largest absolute Gasteiger partial charge is 0.293 e. The number of benzene rings is 1. The summed E-state index contributed by atoms with van der Waals surface area (Å²) in [6, 6.07) is 9.33. The molecule has 0 fully saturated rings. The smallest absolute Gasteiger partial charge is 0.171 e. The Labute approximate surface area is 131 Å². The Morgan fingerprint density at radius 3 is 3.00 bits per heavy atom. The molecule has 2 nitrogen and oxygen atoms in total. The number of aryl methyl sites for hydroxylation is 1. The van der Waals surface area contributed by atoms with Crippen LogP contribution in [0.3, 0.4) is 0 Å². The maximum absolute atomic E-state index is 12.7. The van der Waals surface area contributed by atoms with E-state index in [4.69, 9.17) is 11.6 Å². The van der Waals surface area contributed by atoms with Crippen LogP contribution in [0.1, 0.15) is 40.4 Å². The van der Waals surface area contributed by atoms with Crippen LogP contribution in [0.2, 0.25) is 5.02 Å². The molecule has 0 radical (unpaired) electrons. The number of aromatic nitrogens is 1. The number of ketones is 1. The monoisotopic (exact) mass is 349 g/mol. The van der Waals surface area contributed by atoms with Crippen LogP contribution in [0.25, 0.3) is 0 Å². The minimum atomic E-state index is -0.148. The van der Waals surface area contributed by atoms with Crippen LogP contribution < -0.4 is 0 Å². The molecule has 0 N–H and O–H groups in total. The number of Topliss-reactive ketones (excluding diaryl/α,β-unsaturated/α-hetero) is 1. The molecule has 0 saturated carbocycles. The summed E-state index contributed by atoms with van der Waals surface area (Å²) >= 11 is 9.42. The SMILES string of the molecule is O=C(c1cc(Cl)cc(Br)c1)C1CCCc2cccnc21. The van der Waals surface area contributed by atoms with Crippen molar-refractivity contribution in [1.29, 1.82) is 0 Å². The number of pyridine rings is 1. The Kier molecular flexibility index (Phi) is 3.90. The molecule has 1 aliphatic carbocycles. The second-order valence-corrected chi connectivity index (χ2v) is 6.37. The van der Waals surface area contributed by atoms with Gasteiger partial charge < -0.3 is 0 Å². The summed E-state index contributed by atoms with van der Waals surface area (Å²) in [5.41, 5.74) is 2.77. The summed E-state index contributed by atoms with van der Waals surface area (Å²) in [4.78, 5) is 17.2. The van der Waals surface area contributed by atoms with E-state index in [1.54, 1.807) is 18.3 Å². The number of hydrogen-bond acceptors (Lipinski definition) is 2. The number of carbonyl (C=O) groups is 1. The van der Waals surface area contributed by atoms with Gasteiger partial charge in [0, 0.05) is 21.3 Å². The van der Waals surface area contributed by atoms with Crippen molar-refractivity contribution >= 4 is 33.3 Å². The summed E-state index contributed by atoms with van der Waals surface area (Å²) in [5.74, 6) is -0.0434. The maximum atomic E-state index is 12.7. The molecule has 102 valence electrons. The quantitative estimate of drug-likeness (QED) is 0.728. The molecule has 0 bridgehead atoms. The van der Waals surface area contributed by atoms with Gasteiger partial charge in [0.1, 0.15) is 0 Å². The molecule has 2 aromatic rings. The molecular weight excluding hydrogens is 338 g/mol. The Bertz CT molecular complexity index is 651. The van der Waals surface area contributed by atoms with Crippen molar-refractivity contribution in [3.8, 4) is 0 Å². The number of halogens is 2. The van der Waals surface area contributed by atoms with Crippen LogP contribution in [-0.4, -0.2) is 10.8 Å². The molecule has 1 aliphatic rings. The topological polar surface area (TPSA) is 30.0 Å². The predicted octanol–water partition coefficient (Wildman–Crippen LogP) is 4.80. The number of carbonyl (C=O) groups excluding carboxylic acids is 1. The van der Waals surface area contributed by atoms with Gasteiger partial charge in [0.05, 0.1) is 11.6 Å². The normalized spacial score (nSPS) is 17.6. The van der Waals surface area contributed by atoms with Gasteiger partial charge >= 0.3 is 0 Å². The summed E-state index contributed by atoms with van der Waals surface area (Å²) in [6.45, 7) is 0. The first-order valence-corrected chi connectivity index (χ1v) is 7.76. The third-order valence-corrected chi connectivity index (χ3v) is 4.33. The lowest BCUT2D eigenvalue weighted by molar-refractivity contribution is 0.0949. The first-order chi connectivity index (χ1) is 9.65. The van der Waals surface area contributed by atoms with Gasteiger partial charge in [-0.3, -0.25) is 9.78 Å². The minimum absolute atomic E-state index is 0.104. The van der Waals surface area contributed by atoms with Crippen LogP contribution in [0.15, 0.2) is 41.0 Å². The molecule has 4 heteroatoms. The van der Waals surface area contributed by atoms with Gasteiger partial charge in [-0.15, -0.1) is 0 Å². The van der Waals surface area contributed by atoms with Gasteiger partial charge in [0.25, 0.3) is 0 Å². The molecule has 1 unspecified atom stereocenters. The first kappa shape index (κ1) is 13.8. The Hall–Kier alpha value is -1.19. The molecule has 0 saturated heterocycles. The maximum Gasteiger partial charge on any atom is 0.171 e. The second-order valence-electron chi connectivity index (χ2n) is 5.01. The van der Waals surface area contributed by atoms with Crippen LogP contribution >= 0.6 is 27.5 Å². The van der Waals surface area contributed by atoms with Crippen molar-refractivity contribution in [3.63, 3.8) is 0 Å². The highest BCUT2D eigenvalue weighted by Gasteiger charge is 2.28. The molecule has 3 rings (SSSR count). The van der Waals surface area contributed by atoms with E-state index in [0.29, 0.717) is 10.6 Å². The van der Waals surface area contributed by atoms with E-state index in [9.17, 15) is 4.79 Å². The van der Waals surface area contributed by atoms with Crippen LogP contribution in [0.5, 0.6) is 0 Å². The highest BCUT2D eigenvalue weighted by atomic mass is 79.9. The average Bonchev–Trinajstić information content (AvgIpc) is 2.45. The number of rotatable bonds is 2. The standard InChI is InChI=1S/C16H13BrClNO/c17-12-7-11(8-13(18)9-12)16(20)14-5-1-3-10-4-2-6-19-15(10)14/h2,4,6-9,14H,1,3,5H2. The molecular formula is C16H13BrClNO. The first-order valence-electron chi connectivity index (χ1n) is 6.59. The van der Waals surface area contributed by atoms with Crippen molar-refractivity contribution < 1.29 is 4.79 Å². The van der Waals surface area contributed by atoms with Gasteiger partial charge in [-0.05, 0) is 49.1 Å². The highest BCUT2D eigenvalue weighted by Crippen LogP contribution is 2.33. The molecule has 1 aromatic heterocycles. The molecule has 0 spiro atoms. The lowest BCUT2D eigenvalue weighted by atomic mass is 9.82. The fraction of sp³-hybridized carbons (Fsp3) is 0.250. The van der Waals surface area contributed by atoms with Gasteiger partial charge in [-0.1, -0.05) is 33.6 Å². The van der Waals surface area contributed by atoms with Crippen LogP contribution in [-0.2, 0) is 6.42 Å². The zero-order valence-electron chi connectivity index (χ0n) is 10.8. The zero-order valence-corrected chi connectivity index (χ0v) is 13.1. The van der Waals surface area contributed by atoms with Crippen molar-refractivity contribution in [2.75, 3.05) is 0 Å². The summed E-state index contributed by atoms with van der Waals surface area (Å²) < 4.78 is 0.824. The number of hydrogen-bond donors (Lipinski definition) is 0. The minimum Gasteiger partial charge on any atom is -0.293 e. The second kappa shape index (κ2) is 5.66. The molecule has 1 atom stereocenters. The van der Waals surface area contributed by atoms with Gasteiger partial charge in [-0.25, -0.2) is 0 Å². The van der Waals surface area contributed by atoms with Crippen molar-refractivity contribution in [2.45, 2.75) is 25.2 Å². The average molecular weight is 351 g/mol. The fourth-order valence-corrected chi connectivity index (χ4v) is 3.62. The Balaban J connectivity index is 1.99. The van der Waals surface area contributed by atoms with Crippen molar-refractivity contribution in [1.82, 2.24) is 4.98 Å². The summed E-state index contributed by atoms with van der Waals surface area (Å²) in [7, 11) is 0. The fourth-order valence-electron chi connectivity index (χ4n) is 2.76. The van der Waals surface area contributed by atoms with Crippen molar-refractivity contribution in [3.05, 3.63) is 62.8 Å². The van der Waals surface area contributed by atoms with E-state index in [1.165, 1.54) is 5.56 Å². The molecule has 0 aliphatic heterocycles. The van der Waals surface area contributed by atoms with Crippen molar-refractivity contribution in [2.24, 2.45) is 0 Å². The summed E-state index contributed by atoms with van der Waals surface area (Å²) in [5, 5.41) is 0.569. The Morgan fingerprint density at radius 2 is 2.20 bits per heavy atom. The molecule has 0 amide bonds. The van der Waals surface area contributed by atoms with Gasteiger partial charge in [-0.2, -0.15) is 0 Å². The predicted molar refractivity (Wildman–Crippen MR) is 83.4 cm³/mol. The van der Waals surface area contributed by atoms with E-state index in [2.05, 4.69) is 27.0 Å². The van der Waals surface area contributed by atoms with Gasteiger partial charge in [0.15, 0.2) is 5.78 Å². The molecule has 20 heavy (non-hydrogen) atoms. The third kappa shape index (κ3) is 2.65. The van der Waals surface area contributed by atoms with E-state index in [-0.39, 0.29) is 11.7 Å². The Morgan fingerprint density at radius 1 is 1.35 bits per heavy atom. The van der Waals surface area contributed by atoms with Crippen LogP contribution in [0, 0.1) is 0 Å². The van der Waals surface area contributed by atoms with E-state index in [0.717, 1.165) is 29.4 Å². The van der Waals surface area contributed by atoms with Gasteiger partial charge in [0.2, 0.25) is 0 Å². The molecule has 1 aromatic carbocycles. The lowest BCUT2D eigenvalue weighted by Gasteiger charge is -2.23. The molecule has 1 heterocycles. The number of fused-ring (bicyclic) bond motifs is 1. The lowest BCUT2D eigenvalue weighted by Crippen LogP contribution is -2.20. The van der Waals surface area contributed by atoms with E-state index in [1.807, 2.05) is 12.1 Å². The van der Waals surface area contributed by atoms with E-state index >= 15 is 0 Å². The third-order valence-electron chi connectivity index (χ3n) is 3.66. The number of nitrogens with zero attached hydrogens (tertiary/aromatic N) is 1. The zero-order chi connectivity index (χ0) is 14.1. The van der Waals surface area contributed by atoms with E-state index < -0.39 is 0 Å².